The Morgan fingerprint density at radius 2 is 2.29 bits per heavy atom. The van der Waals surface area contributed by atoms with Gasteiger partial charge in [0.2, 0.25) is 5.70 Å². The van der Waals surface area contributed by atoms with Crippen LogP contribution in [0.4, 0.5) is 0 Å². The van der Waals surface area contributed by atoms with Crippen molar-refractivity contribution in [2.24, 2.45) is 0 Å². The highest BCUT2D eigenvalue weighted by molar-refractivity contribution is 5.86. The predicted octanol–water partition coefficient (Wildman–Crippen LogP) is 0.692. The summed E-state index contributed by atoms with van der Waals surface area (Å²) in [5, 5.41) is 12.0. The third kappa shape index (κ3) is 2.22. The van der Waals surface area contributed by atoms with Crippen LogP contribution in [0.5, 0.6) is 0 Å². The molecule has 2 aliphatic rings. The van der Waals surface area contributed by atoms with Crippen LogP contribution in [-0.2, 0) is 9.53 Å². The van der Waals surface area contributed by atoms with Gasteiger partial charge in [-0.1, -0.05) is 11.8 Å². The molecule has 2 aliphatic heterocycles. The number of carbonyl (C=O) groups excluding carboxylic acids is 1. The Kier molecular flexibility index (Phi) is 3.52. The van der Waals surface area contributed by atoms with Crippen molar-refractivity contribution in [1.29, 1.82) is 0 Å². The topological polar surface area (TPSA) is 49.4 Å². The fraction of sp³-hybridized carbons (Fsp3) is 0.615. The number of ether oxygens (including phenoxy) is 1. The van der Waals surface area contributed by atoms with Crippen LogP contribution in [0.25, 0.3) is 0 Å². The number of quaternary nitrogens is 1. The maximum absolute atomic E-state index is 12.0. The summed E-state index contributed by atoms with van der Waals surface area (Å²) in [7, 11) is 0. The molecule has 0 saturated heterocycles. The fourth-order valence-electron chi connectivity index (χ4n) is 2.76. The van der Waals surface area contributed by atoms with Crippen molar-refractivity contribution >= 4 is 5.97 Å². The summed E-state index contributed by atoms with van der Waals surface area (Å²) < 4.78 is 5.55. The first-order chi connectivity index (χ1) is 8.19. The van der Waals surface area contributed by atoms with Gasteiger partial charge in [0.25, 0.3) is 0 Å². The Balaban J connectivity index is 2.33. The number of esters is 1. The quantitative estimate of drug-likeness (QED) is 0.403. The number of carbonyl (C=O) groups is 1. The Bertz CT molecular complexity index is 373. The molecule has 0 aromatic heterocycles. The Labute approximate surface area is 102 Å². The lowest BCUT2D eigenvalue weighted by Gasteiger charge is -2.44. The van der Waals surface area contributed by atoms with E-state index < -0.39 is 5.97 Å². The zero-order valence-corrected chi connectivity index (χ0v) is 10.3. The van der Waals surface area contributed by atoms with Gasteiger partial charge < -0.3 is 9.84 Å². The standard InChI is InChI=1S/C13H19NO3/c1-2-17-13(16)12-11(15)7-6-10-14(12)8-4-3-5-9-14/h3-4H,2,5-10H2,1H3. The van der Waals surface area contributed by atoms with Crippen molar-refractivity contribution in [2.45, 2.75) is 26.2 Å². The van der Waals surface area contributed by atoms with Crippen LogP contribution < -0.4 is 5.11 Å². The van der Waals surface area contributed by atoms with Gasteiger partial charge in [-0.2, -0.15) is 0 Å². The maximum Gasteiger partial charge on any atom is 0.391 e. The summed E-state index contributed by atoms with van der Waals surface area (Å²) in [5.74, 6) is -0.433. The van der Waals surface area contributed by atoms with Gasteiger partial charge in [-0.05, 0) is 19.4 Å². The van der Waals surface area contributed by atoms with Crippen molar-refractivity contribution < 1.29 is 19.1 Å². The second-order valence-corrected chi connectivity index (χ2v) is 4.63. The van der Waals surface area contributed by atoms with Crippen LogP contribution in [0.2, 0.25) is 0 Å². The van der Waals surface area contributed by atoms with Crippen LogP contribution in [0.1, 0.15) is 26.2 Å². The van der Waals surface area contributed by atoms with E-state index >= 15 is 0 Å². The highest BCUT2D eigenvalue weighted by Gasteiger charge is 2.40. The molecule has 4 nitrogen and oxygen atoms in total. The van der Waals surface area contributed by atoms with E-state index in [0.29, 0.717) is 23.2 Å². The van der Waals surface area contributed by atoms with Gasteiger partial charge in [0.15, 0.2) is 0 Å². The highest BCUT2D eigenvalue weighted by atomic mass is 16.5. The summed E-state index contributed by atoms with van der Waals surface area (Å²) >= 11 is 0. The molecule has 2 heterocycles. The van der Waals surface area contributed by atoms with E-state index in [1.807, 2.05) is 0 Å². The smallest absolute Gasteiger partial charge is 0.391 e. The lowest BCUT2D eigenvalue weighted by molar-refractivity contribution is -0.888. The molecule has 17 heavy (non-hydrogen) atoms. The first-order valence-electron chi connectivity index (χ1n) is 6.28. The molecule has 1 unspecified atom stereocenters. The molecule has 0 fully saturated rings. The average Bonchev–Trinajstić information content (AvgIpc) is 2.30. The zero-order chi connectivity index (χ0) is 12.3. The monoisotopic (exact) mass is 237 g/mol. The molecular weight excluding hydrogens is 218 g/mol. The molecule has 1 atom stereocenters. The van der Waals surface area contributed by atoms with Crippen molar-refractivity contribution in [3.63, 3.8) is 0 Å². The molecule has 94 valence electrons. The lowest BCUT2D eigenvalue weighted by atomic mass is 10.0. The second kappa shape index (κ2) is 4.92. The molecule has 0 bridgehead atoms. The average molecular weight is 237 g/mol. The summed E-state index contributed by atoms with van der Waals surface area (Å²) in [6.45, 7) is 4.57. The highest BCUT2D eigenvalue weighted by Crippen LogP contribution is 2.31. The van der Waals surface area contributed by atoms with E-state index in [9.17, 15) is 9.90 Å². The Morgan fingerprint density at radius 1 is 1.47 bits per heavy atom. The second-order valence-electron chi connectivity index (χ2n) is 4.63. The maximum atomic E-state index is 12.0. The molecule has 0 aromatic rings. The first-order valence-corrected chi connectivity index (χ1v) is 6.28. The van der Waals surface area contributed by atoms with Gasteiger partial charge in [0.1, 0.15) is 6.54 Å². The largest absolute Gasteiger partial charge is 0.871 e. The minimum absolute atomic E-state index is 0.0231. The zero-order valence-electron chi connectivity index (χ0n) is 10.3. The molecule has 0 amide bonds. The van der Waals surface area contributed by atoms with Gasteiger partial charge >= 0.3 is 5.97 Å². The lowest BCUT2D eigenvalue weighted by Crippen LogP contribution is -2.55. The van der Waals surface area contributed by atoms with E-state index in [0.717, 1.165) is 32.5 Å². The predicted molar refractivity (Wildman–Crippen MR) is 61.5 cm³/mol. The third-order valence-corrected chi connectivity index (χ3v) is 3.54. The van der Waals surface area contributed by atoms with Gasteiger partial charge in [-0.15, -0.1) is 0 Å². The fourth-order valence-corrected chi connectivity index (χ4v) is 2.76. The Hall–Kier alpha value is -1.29. The molecule has 1 spiro atoms. The van der Waals surface area contributed by atoms with E-state index in [2.05, 4.69) is 12.2 Å². The molecule has 2 rings (SSSR count). The number of rotatable bonds is 2. The van der Waals surface area contributed by atoms with Crippen LogP contribution in [0.3, 0.4) is 0 Å². The third-order valence-electron chi connectivity index (χ3n) is 3.54. The molecule has 0 saturated carbocycles. The van der Waals surface area contributed by atoms with Crippen molar-refractivity contribution in [3.8, 4) is 0 Å². The number of allylic oxidation sites excluding steroid dienone is 1. The van der Waals surface area contributed by atoms with Crippen molar-refractivity contribution in [1.82, 2.24) is 0 Å². The van der Waals surface area contributed by atoms with Crippen molar-refractivity contribution in [3.05, 3.63) is 23.6 Å². The van der Waals surface area contributed by atoms with E-state index in [1.165, 1.54) is 0 Å². The molecule has 0 N–H and O–H groups in total. The van der Waals surface area contributed by atoms with Crippen molar-refractivity contribution in [2.75, 3.05) is 26.2 Å². The summed E-state index contributed by atoms with van der Waals surface area (Å²) in [6, 6.07) is 0. The summed E-state index contributed by atoms with van der Waals surface area (Å²) in [5.41, 5.74) is 0.377. The van der Waals surface area contributed by atoms with Crippen LogP contribution in [0, 0.1) is 0 Å². The van der Waals surface area contributed by atoms with Crippen LogP contribution >= 0.6 is 0 Å². The molecule has 0 radical (unpaired) electrons. The molecular formula is C13H19NO3. The van der Waals surface area contributed by atoms with Gasteiger partial charge in [-0.3, -0.25) is 4.48 Å². The van der Waals surface area contributed by atoms with Gasteiger partial charge in [0.05, 0.1) is 19.7 Å². The number of hydrogen-bond donors (Lipinski definition) is 0. The van der Waals surface area contributed by atoms with Gasteiger partial charge in [-0.25, -0.2) is 4.79 Å². The normalized spacial score (nSPS) is 28.5. The van der Waals surface area contributed by atoms with E-state index in [1.54, 1.807) is 6.92 Å². The summed E-state index contributed by atoms with van der Waals surface area (Å²) in [6.07, 6.45) is 6.47. The van der Waals surface area contributed by atoms with Crippen LogP contribution in [0.15, 0.2) is 23.6 Å². The molecule has 0 aliphatic carbocycles. The van der Waals surface area contributed by atoms with E-state index in [-0.39, 0.29) is 5.76 Å². The van der Waals surface area contributed by atoms with Gasteiger partial charge in [0, 0.05) is 12.8 Å². The van der Waals surface area contributed by atoms with Crippen LogP contribution in [-0.4, -0.2) is 36.7 Å². The Morgan fingerprint density at radius 3 is 2.94 bits per heavy atom. The minimum Gasteiger partial charge on any atom is -0.871 e. The molecule has 0 aromatic carbocycles. The first kappa shape index (κ1) is 12.2. The number of nitrogens with zero attached hydrogens (tertiary/aromatic N) is 1. The van der Waals surface area contributed by atoms with E-state index in [4.69, 9.17) is 4.74 Å². The SMILES string of the molecule is CCOC(=O)C1=C([O-])CCC[N+]12CC=CCC2. The number of hydrogen-bond acceptors (Lipinski definition) is 3. The minimum atomic E-state index is -0.410. The summed E-state index contributed by atoms with van der Waals surface area (Å²) in [4.78, 5) is 12.0. The molecule has 4 heteroatoms.